The summed E-state index contributed by atoms with van der Waals surface area (Å²) in [4.78, 5) is 29.7. The molecule has 0 unspecified atom stereocenters. The molecule has 0 N–H and O–H groups in total. The van der Waals surface area contributed by atoms with Gasteiger partial charge in [-0.2, -0.15) is 0 Å². The molecule has 3 rings (SSSR count). The summed E-state index contributed by atoms with van der Waals surface area (Å²) in [5.74, 6) is 1.17. The van der Waals surface area contributed by atoms with E-state index >= 15 is 0 Å². The van der Waals surface area contributed by atoms with E-state index in [1.807, 2.05) is 56.3 Å². The lowest BCUT2D eigenvalue weighted by molar-refractivity contribution is -0.133. The number of carbonyl (C=O) groups is 2. The fourth-order valence-corrected chi connectivity index (χ4v) is 3.57. The minimum Gasteiger partial charge on any atom is -0.464 e. The number of amides is 2. The van der Waals surface area contributed by atoms with Gasteiger partial charge in [0.15, 0.2) is 0 Å². The zero-order valence-electron chi connectivity index (χ0n) is 17.9. The molecule has 0 saturated carbocycles. The van der Waals surface area contributed by atoms with E-state index in [4.69, 9.17) is 16.0 Å². The number of carbonyl (C=O) groups excluding carboxylic acids is 2. The van der Waals surface area contributed by atoms with Gasteiger partial charge >= 0.3 is 0 Å². The van der Waals surface area contributed by atoms with Crippen molar-refractivity contribution in [2.24, 2.45) is 0 Å². The molecule has 0 fully saturated rings. The standard InChI is InChI=1S/C25H27ClN2O3/c1-3-14-27(25(30)21-10-7-11-22(26)15-21)18-24(29)28(16-20-8-5-4-6-9-20)17-23-13-12-19(2)31-23/h4-13,15H,3,14,16-18H2,1-2H3. The zero-order valence-corrected chi connectivity index (χ0v) is 18.6. The third-order valence-corrected chi connectivity index (χ3v) is 5.13. The second-order valence-electron chi connectivity index (χ2n) is 7.48. The Labute approximate surface area is 188 Å². The summed E-state index contributed by atoms with van der Waals surface area (Å²) in [6.07, 6.45) is 0.746. The molecule has 162 valence electrons. The average molecular weight is 439 g/mol. The number of halogens is 1. The molecule has 0 radical (unpaired) electrons. The Morgan fingerprint density at radius 2 is 1.71 bits per heavy atom. The number of nitrogens with zero attached hydrogens (tertiary/aromatic N) is 2. The van der Waals surface area contributed by atoms with Crippen LogP contribution in [0.3, 0.4) is 0 Å². The van der Waals surface area contributed by atoms with Crippen molar-refractivity contribution < 1.29 is 14.0 Å². The molecule has 5 nitrogen and oxygen atoms in total. The van der Waals surface area contributed by atoms with Crippen LogP contribution in [0.5, 0.6) is 0 Å². The fraction of sp³-hybridized carbons (Fsp3) is 0.280. The maximum absolute atomic E-state index is 13.3. The highest BCUT2D eigenvalue weighted by Gasteiger charge is 2.23. The summed E-state index contributed by atoms with van der Waals surface area (Å²) in [6.45, 7) is 5.11. The summed E-state index contributed by atoms with van der Waals surface area (Å²) >= 11 is 6.05. The second kappa shape index (κ2) is 10.8. The minimum absolute atomic E-state index is 0.00822. The highest BCUT2D eigenvalue weighted by atomic mass is 35.5. The second-order valence-corrected chi connectivity index (χ2v) is 7.92. The number of rotatable bonds is 9. The molecule has 0 aliphatic rings. The van der Waals surface area contributed by atoms with Gasteiger partial charge < -0.3 is 14.2 Å². The van der Waals surface area contributed by atoms with Crippen LogP contribution in [0.1, 0.15) is 40.8 Å². The Bertz CT molecular complexity index is 1020. The van der Waals surface area contributed by atoms with E-state index < -0.39 is 0 Å². The molecule has 3 aromatic rings. The molecular weight excluding hydrogens is 412 g/mol. The van der Waals surface area contributed by atoms with Gasteiger partial charge in [0.25, 0.3) is 5.91 Å². The van der Waals surface area contributed by atoms with Crippen molar-refractivity contribution in [3.63, 3.8) is 0 Å². The SMILES string of the molecule is CCCN(CC(=O)N(Cc1ccccc1)Cc1ccc(C)o1)C(=O)c1cccc(Cl)c1. The fourth-order valence-electron chi connectivity index (χ4n) is 3.38. The van der Waals surface area contributed by atoms with Crippen molar-refractivity contribution in [1.29, 1.82) is 0 Å². The summed E-state index contributed by atoms with van der Waals surface area (Å²) in [7, 11) is 0. The minimum atomic E-state index is -0.203. The molecule has 6 heteroatoms. The molecule has 2 aromatic carbocycles. The van der Waals surface area contributed by atoms with Gasteiger partial charge in [-0.1, -0.05) is 54.9 Å². The summed E-state index contributed by atoms with van der Waals surface area (Å²) < 4.78 is 5.70. The van der Waals surface area contributed by atoms with Gasteiger partial charge in [-0.25, -0.2) is 0 Å². The number of benzene rings is 2. The van der Waals surface area contributed by atoms with Crippen LogP contribution in [-0.4, -0.2) is 34.7 Å². The molecule has 0 aliphatic carbocycles. The maximum atomic E-state index is 13.3. The van der Waals surface area contributed by atoms with E-state index in [1.54, 1.807) is 34.1 Å². The van der Waals surface area contributed by atoms with E-state index in [1.165, 1.54) is 0 Å². The molecule has 0 atom stereocenters. The van der Waals surface area contributed by atoms with Crippen molar-refractivity contribution in [1.82, 2.24) is 9.80 Å². The zero-order chi connectivity index (χ0) is 22.2. The molecule has 1 aromatic heterocycles. The van der Waals surface area contributed by atoms with Crippen LogP contribution in [0.15, 0.2) is 71.1 Å². The van der Waals surface area contributed by atoms with Crippen molar-refractivity contribution in [3.8, 4) is 0 Å². The quantitative estimate of drug-likeness (QED) is 0.454. The third-order valence-electron chi connectivity index (χ3n) is 4.89. The van der Waals surface area contributed by atoms with Crippen LogP contribution in [0, 0.1) is 6.92 Å². The van der Waals surface area contributed by atoms with Gasteiger partial charge in [-0.3, -0.25) is 9.59 Å². The van der Waals surface area contributed by atoms with Crippen molar-refractivity contribution >= 4 is 23.4 Å². The van der Waals surface area contributed by atoms with Gasteiger partial charge in [0.05, 0.1) is 6.54 Å². The van der Waals surface area contributed by atoms with Crippen molar-refractivity contribution in [3.05, 3.63) is 94.4 Å². The van der Waals surface area contributed by atoms with Crippen molar-refractivity contribution in [2.75, 3.05) is 13.1 Å². The Balaban J connectivity index is 1.79. The Kier molecular flexibility index (Phi) is 7.90. The van der Waals surface area contributed by atoms with Gasteiger partial charge in [0, 0.05) is 23.7 Å². The lowest BCUT2D eigenvalue weighted by Crippen LogP contribution is -2.42. The molecule has 0 bridgehead atoms. The first-order chi connectivity index (χ1) is 15.0. The monoisotopic (exact) mass is 438 g/mol. The van der Waals surface area contributed by atoms with Crippen LogP contribution in [0.2, 0.25) is 5.02 Å². The van der Waals surface area contributed by atoms with Gasteiger partial charge in [-0.15, -0.1) is 0 Å². The normalized spacial score (nSPS) is 10.7. The van der Waals surface area contributed by atoms with E-state index in [0.29, 0.717) is 36.0 Å². The van der Waals surface area contributed by atoms with Crippen LogP contribution in [0.25, 0.3) is 0 Å². The molecule has 31 heavy (non-hydrogen) atoms. The third kappa shape index (κ3) is 6.46. The van der Waals surface area contributed by atoms with Gasteiger partial charge in [0.2, 0.25) is 5.91 Å². The van der Waals surface area contributed by atoms with E-state index in [-0.39, 0.29) is 18.4 Å². The Hall–Kier alpha value is -3.05. The van der Waals surface area contributed by atoms with Crippen LogP contribution in [0.4, 0.5) is 0 Å². The van der Waals surface area contributed by atoms with E-state index in [0.717, 1.165) is 17.7 Å². The first kappa shape index (κ1) is 22.6. The highest BCUT2D eigenvalue weighted by Crippen LogP contribution is 2.16. The smallest absolute Gasteiger partial charge is 0.254 e. The summed E-state index contributed by atoms with van der Waals surface area (Å²) in [5, 5.41) is 0.493. The van der Waals surface area contributed by atoms with Crippen molar-refractivity contribution in [2.45, 2.75) is 33.4 Å². The first-order valence-electron chi connectivity index (χ1n) is 10.4. The number of hydrogen-bond donors (Lipinski definition) is 0. The molecule has 2 amide bonds. The molecule has 0 saturated heterocycles. The Morgan fingerprint density at radius 1 is 0.935 bits per heavy atom. The summed E-state index contributed by atoms with van der Waals surface area (Å²) in [5.41, 5.74) is 1.49. The molecular formula is C25H27ClN2O3. The Morgan fingerprint density at radius 3 is 2.35 bits per heavy atom. The number of aryl methyl sites for hydroxylation is 1. The first-order valence-corrected chi connectivity index (χ1v) is 10.8. The van der Waals surface area contributed by atoms with Crippen LogP contribution >= 0.6 is 11.6 Å². The van der Waals surface area contributed by atoms with Gasteiger partial charge in [-0.05, 0) is 49.2 Å². The highest BCUT2D eigenvalue weighted by molar-refractivity contribution is 6.31. The largest absolute Gasteiger partial charge is 0.464 e. The molecule has 0 aliphatic heterocycles. The number of hydrogen-bond acceptors (Lipinski definition) is 3. The number of furan rings is 1. The van der Waals surface area contributed by atoms with E-state index in [2.05, 4.69) is 0 Å². The average Bonchev–Trinajstić information content (AvgIpc) is 3.17. The van der Waals surface area contributed by atoms with Crippen LogP contribution in [-0.2, 0) is 17.9 Å². The lowest BCUT2D eigenvalue weighted by Gasteiger charge is -2.27. The van der Waals surface area contributed by atoms with E-state index in [9.17, 15) is 9.59 Å². The molecule has 0 spiro atoms. The topological polar surface area (TPSA) is 53.8 Å². The van der Waals surface area contributed by atoms with Crippen LogP contribution < -0.4 is 0 Å². The maximum Gasteiger partial charge on any atom is 0.254 e. The lowest BCUT2D eigenvalue weighted by atomic mass is 10.2. The predicted octanol–water partition coefficient (Wildman–Crippen LogP) is 5.32. The van der Waals surface area contributed by atoms with Gasteiger partial charge in [0.1, 0.15) is 18.1 Å². The molecule has 1 heterocycles. The summed E-state index contributed by atoms with van der Waals surface area (Å²) in [6, 6.07) is 20.4. The predicted molar refractivity (Wildman–Crippen MR) is 122 cm³/mol.